The fraction of sp³-hybridized carbons (Fsp3) is 0.333. The van der Waals surface area contributed by atoms with Crippen LogP contribution < -0.4 is 11.1 Å². The lowest BCUT2D eigenvalue weighted by Crippen LogP contribution is -2.39. The lowest BCUT2D eigenvalue weighted by atomic mass is 10.0. The van der Waals surface area contributed by atoms with Crippen LogP contribution in [0, 0.1) is 5.92 Å². The van der Waals surface area contributed by atoms with Crippen molar-refractivity contribution in [3.63, 3.8) is 0 Å². The first kappa shape index (κ1) is 11.6. The average Bonchev–Trinajstić information content (AvgIpc) is 2.76. The number of hydrogen-bond donors (Lipinski definition) is 3. The number of benzene rings is 1. The van der Waals surface area contributed by atoms with E-state index < -0.39 is 6.04 Å². The van der Waals surface area contributed by atoms with Crippen LogP contribution in [0.5, 0.6) is 0 Å². The van der Waals surface area contributed by atoms with E-state index in [4.69, 9.17) is 5.73 Å². The fourth-order valence-corrected chi connectivity index (χ4v) is 1.60. The van der Waals surface area contributed by atoms with Crippen molar-refractivity contribution in [2.24, 2.45) is 11.7 Å². The molecule has 0 aliphatic rings. The monoisotopic (exact) mass is 232 g/mol. The second-order valence-corrected chi connectivity index (χ2v) is 4.40. The van der Waals surface area contributed by atoms with Gasteiger partial charge in [-0.25, -0.2) is 0 Å². The standard InChI is InChI=1S/C12H16N4O/c1-7(2)11(13)12(17)15-9-4-3-5-10-8(9)6-14-16-10/h3-7,11H,13H2,1-2H3,(H,14,16)(H,15,17)/t11-/m0/s1. The minimum absolute atomic E-state index is 0.110. The Kier molecular flexibility index (Phi) is 3.10. The van der Waals surface area contributed by atoms with Gasteiger partial charge in [-0.05, 0) is 18.1 Å². The Morgan fingerprint density at radius 2 is 2.24 bits per heavy atom. The highest BCUT2D eigenvalue weighted by molar-refractivity contribution is 6.02. The van der Waals surface area contributed by atoms with Gasteiger partial charge in [-0.2, -0.15) is 5.10 Å². The topological polar surface area (TPSA) is 83.8 Å². The summed E-state index contributed by atoms with van der Waals surface area (Å²) in [5.41, 5.74) is 7.42. The van der Waals surface area contributed by atoms with Gasteiger partial charge in [-0.15, -0.1) is 0 Å². The Morgan fingerprint density at radius 3 is 2.94 bits per heavy atom. The molecule has 0 saturated heterocycles. The Hall–Kier alpha value is -1.88. The summed E-state index contributed by atoms with van der Waals surface area (Å²) in [4.78, 5) is 11.9. The average molecular weight is 232 g/mol. The van der Waals surface area contributed by atoms with E-state index >= 15 is 0 Å². The van der Waals surface area contributed by atoms with E-state index in [9.17, 15) is 4.79 Å². The van der Waals surface area contributed by atoms with Crippen LogP contribution in [0.4, 0.5) is 5.69 Å². The molecule has 0 aliphatic heterocycles. The molecule has 0 unspecified atom stereocenters. The van der Waals surface area contributed by atoms with Gasteiger partial charge in [-0.3, -0.25) is 9.89 Å². The second kappa shape index (κ2) is 4.55. The third kappa shape index (κ3) is 2.29. The minimum Gasteiger partial charge on any atom is -0.324 e. The zero-order chi connectivity index (χ0) is 12.4. The molecule has 1 aromatic carbocycles. The second-order valence-electron chi connectivity index (χ2n) is 4.40. The molecule has 5 nitrogen and oxygen atoms in total. The summed E-state index contributed by atoms with van der Waals surface area (Å²) in [5.74, 6) is -0.0627. The number of nitrogens with one attached hydrogen (secondary N) is 2. The molecule has 1 atom stereocenters. The summed E-state index contributed by atoms with van der Waals surface area (Å²) in [6.07, 6.45) is 1.69. The summed E-state index contributed by atoms with van der Waals surface area (Å²) in [6.45, 7) is 3.84. The van der Waals surface area contributed by atoms with Crippen molar-refractivity contribution in [3.05, 3.63) is 24.4 Å². The smallest absolute Gasteiger partial charge is 0.241 e. The molecule has 1 aromatic heterocycles. The van der Waals surface area contributed by atoms with Crippen LogP contribution in [0.1, 0.15) is 13.8 Å². The van der Waals surface area contributed by atoms with Gasteiger partial charge in [0.15, 0.2) is 0 Å². The number of fused-ring (bicyclic) bond motifs is 1. The third-order valence-electron chi connectivity index (χ3n) is 2.76. The molecule has 2 rings (SSSR count). The molecular formula is C12H16N4O. The van der Waals surface area contributed by atoms with E-state index in [1.807, 2.05) is 32.0 Å². The van der Waals surface area contributed by atoms with Crippen LogP contribution in [-0.2, 0) is 4.79 Å². The van der Waals surface area contributed by atoms with Gasteiger partial charge in [0.1, 0.15) is 0 Å². The number of anilines is 1. The van der Waals surface area contributed by atoms with E-state index in [0.29, 0.717) is 0 Å². The normalized spacial score (nSPS) is 12.9. The van der Waals surface area contributed by atoms with Crippen LogP contribution in [0.15, 0.2) is 24.4 Å². The molecular weight excluding hydrogens is 216 g/mol. The van der Waals surface area contributed by atoms with E-state index in [2.05, 4.69) is 15.5 Å². The molecule has 4 N–H and O–H groups in total. The molecule has 2 aromatic rings. The molecule has 5 heteroatoms. The molecule has 0 bridgehead atoms. The lowest BCUT2D eigenvalue weighted by Gasteiger charge is -2.15. The highest BCUT2D eigenvalue weighted by Gasteiger charge is 2.17. The highest BCUT2D eigenvalue weighted by Crippen LogP contribution is 2.21. The number of H-pyrrole nitrogens is 1. The first-order valence-electron chi connectivity index (χ1n) is 5.58. The van der Waals surface area contributed by atoms with Crippen LogP contribution in [0.3, 0.4) is 0 Å². The Morgan fingerprint density at radius 1 is 1.47 bits per heavy atom. The SMILES string of the molecule is CC(C)[C@H](N)C(=O)Nc1cccc2[nH]ncc12. The van der Waals surface area contributed by atoms with Crippen molar-refractivity contribution in [2.75, 3.05) is 5.32 Å². The van der Waals surface area contributed by atoms with Gasteiger partial charge in [0.25, 0.3) is 0 Å². The summed E-state index contributed by atoms with van der Waals surface area (Å²) in [6, 6.07) is 5.09. The molecule has 0 aliphatic carbocycles. The van der Waals surface area contributed by atoms with Crippen molar-refractivity contribution in [1.82, 2.24) is 10.2 Å². The number of amides is 1. The molecule has 90 valence electrons. The van der Waals surface area contributed by atoms with Crippen LogP contribution in [0.25, 0.3) is 10.9 Å². The third-order valence-corrected chi connectivity index (χ3v) is 2.76. The quantitative estimate of drug-likeness (QED) is 0.749. The zero-order valence-corrected chi connectivity index (χ0v) is 9.90. The number of aromatic amines is 1. The first-order chi connectivity index (χ1) is 8.09. The fourth-order valence-electron chi connectivity index (χ4n) is 1.60. The molecule has 17 heavy (non-hydrogen) atoms. The summed E-state index contributed by atoms with van der Waals surface area (Å²) >= 11 is 0. The molecule has 1 amide bonds. The van der Waals surface area contributed by atoms with E-state index in [-0.39, 0.29) is 11.8 Å². The minimum atomic E-state index is -0.503. The van der Waals surface area contributed by atoms with Crippen molar-refractivity contribution in [1.29, 1.82) is 0 Å². The Balaban J connectivity index is 2.24. The van der Waals surface area contributed by atoms with E-state index in [1.165, 1.54) is 0 Å². The summed E-state index contributed by atoms with van der Waals surface area (Å²) < 4.78 is 0. The number of aromatic nitrogens is 2. The number of rotatable bonds is 3. The van der Waals surface area contributed by atoms with Crippen LogP contribution in [-0.4, -0.2) is 22.1 Å². The van der Waals surface area contributed by atoms with Gasteiger partial charge in [0, 0.05) is 5.39 Å². The zero-order valence-electron chi connectivity index (χ0n) is 9.90. The number of hydrogen-bond acceptors (Lipinski definition) is 3. The largest absolute Gasteiger partial charge is 0.324 e. The van der Waals surface area contributed by atoms with Gasteiger partial charge >= 0.3 is 0 Å². The number of nitrogens with two attached hydrogens (primary N) is 1. The van der Waals surface area contributed by atoms with Crippen LogP contribution in [0.2, 0.25) is 0 Å². The van der Waals surface area contributed by atoms with E-state index in [0.717, 1.165) is 16.6 Å². The van der Waals surface area contributed by atoms with Gasteiger partial charge in [0.2, 0.25) is 5.91 Å². The lowest BCUT2D eigenvalue weighted by molar-refractivity contribution is -0.118. The Bertz CT molecular complexity index is 532. The number of carbonyl (C=O) groups excluding carboxylic acids is 1. The Labute approximate surface area is 99.4 Å². The molecule has 0 spiro atoms. The van der Waals surface area contributed by atoms with Gasteiger partial charge in [-0.1, -0.05) is 19.9 Å². The molecule has 0 fully saturated rings. The number of nitrogens with zero attached hydrogens (tertiary/aromatic N) is 1. The van der Waals surface area contributed by atoms with E-state index in [1.54, 1.807) is 6.20 Å². The van der Waals surface area contributed by atoms with Crippen molar-refractivity contribution in [2.45, 2.75) is 19.9 Å². The number of carbonyl (C=O) groups is 1. The van der Waals surface area contributed by atoms with Crippen molar-refractivity contribution >= 4 is 22.5 Å². The predicted octanol–water partition coefficient (Wildman–Crippen LogP) is 1.48. The summed E-state index contributed by atoms with van der Waals surface area (Å²) in [5, 5.41) is 10.5. The van der Waals surface area contributed by atoms with Crippen LogP contribution >= 0.6 is 0 Å². The maximum atomic E-state index is 11.9. The maximum absolute atomic E-state index is 11.9. The summed E-state index contributed by atoms with van der Waals surface area (Å²) in [7, 11) is 0. The van der Waals surface area contributed by atoms with Crippen molar-refractivity contribution in [3.8, 4) is 0 Å². The van der Waals surface area contributed by atoms with Gasteiger partial charge < -0.3 is 11.1 Å². The first-order valence-corrected chi connectivity index (χ1v) is 5.58. The molecule has 0 radical (unpaired) electrons. The maximum Gasteiger partial charge on any atom is 0.241 e. The molecule has 1 heterocycles. The van der Waals surface area contributed by atoms with Crippen molar-refractivity contribution < 1.29 is 4.79 Å². The molecule has 0 saturated carbocycles. The van der Waals surface area contributed by atoms with Gasteiger partial charge in [0.05, 0.1) is 23.4 Å². The predicted molar refractivity (Wildman–Crippen MR) is 67.5 cm³/mol. The highest BCUT2D eigenvalue weighted by atomic mass is 16.2.